The van der Waals surface area contributed by atoms with Crippen LogP contribution < -0.4 is 10.6 Å². The first-order valence-electron chi connectivity index (χ1n) is 11.8. The topological polar surface area (TPSA) is 91.4 Å². The molecule has 4 aromatic rings. The molecule has 0 aliphatic heterocycles. The van der Waals surface area contributed by atoms with Crippen molar-refractivity contribution in [1.82, 2.24) is 14.6 Å². The molecule has 198 valence electrons. The molecule has 0 atom stereocenters. The molecule has 0 radical (unpaired) electrons. The molecule has 1 heterocycles. The van der Waals surface area contributed by atoms with Gasteiger partial charge >= 0.3 is 0 Å². The lowest BCUT2D eigenvalue weighted by atomic mass is 10.2. The Morgan fingerprint density at radius 3 is 2.37 bits per heavy atom. The van der Waals surface area contributed by atoms with Gasteiger partial charge in [0.15, 0.2) is 0 Å². The van der Waals surface area contributed by atoms with Crippen molar-refractivity contribution in [1.29, 1.82) is 0 Å². The average molecular weight is 636 g/mol. The van der Waals surface area contributed by atoms with E-state index in [1.165, 1.54) is 16.4 Å². The van der Waals surface area contributed by atoms with E-state index in [2.05, 4.69) is 31.5 Å². The number of pyridine rings is 1. The molecular formula is C27H25BrCl2N4O3S. The maximum Gasteiger partial charge on any atom is 0.243 e. The van der Waals surface area contributed by atoms with Crippen molar-refractivity contribution in [3.8, 4) is 0 Å². The normalized spacial score (nSPS) is 11.6. The number of carbonyl (C=O) groups excluding carboxylic acids is 1. The molecule has 1 aromatic heterocycles. The van der Waals surface area contributed by atoms with Crippen molar-refractivity contribution in [2.24, 2.45) is 0 Å². The van der Waals surface area contributed by atoms with E-state index in [1.54, 1.807) is 48.7 Å². The molecule has 7 nitrogen and oxygen atoms in total. The standard InChI is InChI=1S/C27H25BrCl2N4O3S/c28-20-4-9-23(10-5-20)38(36,37)34(17-19-2-6-21(29)7-3-19)18-27(35)33-14-1-13-31-25-12-15-32-26-16-22(30)8-11-24(25)26/h2-12,15-16H,1,13-14,17-18H2,(H,31,32)(H,33,35). The smallest absolute Gasteiger partial charge is 0.243 e. The first kappa shape index (κ1) is 28.3. The maximum absolute atomic E-state index is 13.4. The minimum absolute atomic E-state index is 0.0314. The van der Waals surface area contributed by atoms with E-state index in [0.29, 0.717) is 29.6 Å². The van der Waals surface area contributed by atoms with Crippen LogP contribution in [0.3, 0.4) is 0 Å². The van der Waals surface area contributed by atoms with Crippen molar-refractivity contribution in [3.63, 3.8) is 0 Å². The van der Waals surface area contributed by atoms with Crippen LogP contribution in [0.1, 0.15) is 12.0 Å². The summed E-state index contributed by atoms with van der Waals surface area (Å²) in [5, 5.41) is 8.31. The zero-order valence-corrected chi connectivity index (χ0v) is 24.1. The number of anilines is 1. The molecule has 38 heavy (non-hydrogen) atoms. The summed E-state index contributed by atoms with van der Waals surface area (Å²) < 4.78 is 28.7. The van der Waals surface area contributed by atoms with Gasteiger partial charge in [0.25, 0.3) is 0 Å². The van der Waals surface area contributed by atoms with Gasteiger partial charge in [-0.05, 0) is 72.6 Å². The molecule has 0 spiro atoms. The summed E-state index contributed by atoms with van der Waals surface area (Å²) in [6.07, 6.45) is 2.35. The molecule has 0 saturated heterocycles. The number of carbonyl (C=O) groups is 1. The summed E-state index contributed by atoms with van der Waals surface area (Å²) in [6, 6.07) is 20.6. The van der Waals surface area contributed by atoms with E-state index in [4.69, 9.17) is 23.2 Å². The van der Waals surface area contributed by atoms with Crippen molar-refractivity contribution in [2.75, 3.05) is 25.0 Å². The van der Waals surface area contributed by atoms with Crippen molar-refractivity contribution in [3.05, 3.63) is 99.1 Å². The molecule has 11 heteroatoms. The number of halogens is 3. The van der Waals surface area contributed by atoms with Crippen LogP contribution in [0.25, 0.3) is 10.9 Å². The minimum atomic E-state index is -3.93. The first-order valence-corrected chi connectivity index (χ1v) is 14.8. The number of hydrogen-bond donors (Lipinski definition) is 2. The highest BCUT2D eigenvalue weighted by molar-refractivity contribution is 9.10. The molecular weight excluding hydrogens is 611 g/mol. The second kappa shape index (κ2) is 12.9. The minimum Gasteiger partial charge on any atom is -0.384 e. The second-order valence-electron chi connectivity index (χ2n) is 8.50. The highest BCUT2D eigenvalue weighted by Crippen LogP contribution is 2.24. The lowest BCUT2D eigenvalue weighted by molar-refractivity contribution is -0.121. The number of fused-ring (bicyclic) bond motifs is 1. The van der Waals surface area contributed by atoms with E-state index >= 15 is 0 Å². The molecule has 0 fully saturated rings. The van der Waals surface area contributed by atoms with E-state index < -0.39 is 10.0 Å². The Kier molecular flexibility index (Phi) is 9.62. The summed E-state index contributed by atoms with van der Waals surface area (Å²) in [5.41, 5.74) is 2.44. The van der Waals surface area contributed by atoms with Gasteiger partial charge in [0.05, 0.1) is 17.0 Å². The lowest BCUT2D eigenvalue weighted by Crippen LogP contribution is -2.40. The maximum atomic E-state index is 13.4. The molecule has 2 N–H and O–H groups in total. The third-order valence-corrected chi connectivity index (χ3v) is 8.56. The SMILES string of the molecule is O=C(CN(Cc1ccc(Cl)cc1)S(=O)(=O)c1ccc(Br)cc1)NCCCNc1ccnc2cc(Cl)ccc12. The summed E-state index contributed by atoms with van der Waals surface area (Å²) in [5.74, 6) is -0.386. The number of aromatic nitrogens is 1. The number of nitrogens with zero attached hydrogens (tertiary/aromatic N) is 2. The number of sulfonamides is 1. The fraction of sp³-hybridized carbons (Fsp3) is 0.185. The van der Waals surface area contributed by atoms with Crippen LogP contribution >= 0.6 is 39.1 Å². The molecule has 0 aliphatic rings. The van der Waals surface area contributed by atoms with Gasteiger partial charge < -0.3 is 10.6 Å². The highest BCUT2D eigenvalue weighted by atomic mass is 79.9. The fourth-order valence-corrected chi connectivity index (χ4v) is 5.75. The number of hydrogen-bond acceptors (Lipinski definition) is 5. The monoisotopic (exact) mass is 634 g/mol. The molecule has 0 saturated carbocycles. The summed E-state index contributed by atoms with van der Waals surface area (Å²) >= 11 is 15.4. The Balaban J connectivity index is 1.36. The van der Waals surface area contributed by atoms with Gasteiger partial charge in [-0.3, -0.25) is 9.78 Å². The van der Waals surface area contributed by atoms with E-state index in [-0.39, 0.29) is 23.9 Å². The van der Waals surface area contributed by atoms with Gasteiger partial charge in [0, 0.05) is 51.4 Å². The van der Waals surface area contributed by atoms with Crippen LogP contribution in [0, 0.1) is 0 Å². The number of benzene rings is 3. The number of rotatable bonds is 11. The molecule has 3 aromatic carbocycles. The Morgan fingerprint density at radius 2 is 1.63 bits per heavy atom. The molecule has 0 bridgehead atoms. The van der Waals surface area contributed by atoms with E-state index in [0.717, 1.165) is 26.6 Å². The highest BCUT2D eigenvalue weighted by Gasteiger charge is 2.27. The largest absolute Gasteiger partial charge is 0.384 e. The third kappa shape index (κ3) is 7.45. The summed E-state index contributed by atoms with van der Waals surface area (Å²) in [6.45, 7) is 0.704. The first-order chi connectivity index (χ1) is 18.2. The predicted molar refractivity (Wildman–Crippen MR) is 156 cm³/mol. The van der Waals surface area contributed by atoms with E-state index in [1.807, 2.05) is 18.2 Å². The third-order valence-electron chi connectivity index (χ3n) is 5.74. The Labute approximate surface area is 240 Å². The molecule has 0 unspecified atom stereocenters. The quantitative estimate of drug-likeness (QED) is 0.194. The Hall–Kier alpha value is -2.69. The van der Waals surface area contributed by atoms with Crippen molar-refractivity contribution < 1.29 is 13.2 Å². The number of nitrogens with one attached hydrogen (secondary N) is 2. The van der Waals surface area contributed by atoms with Crippen LogP contribution in [0.15, 0.2) is 88.4 Å². The van der Waals surface area contributed by atoms with Gasteiger partial charge in [-0.1, -0.05) is 51.3 Å². The van der Waals surface area contributed by atoms with Crippen LogP contribution in [0.5, 0.6) is 0 Å². The van der Waals surface area contributed by atoms with Gasteiger partial charge in [-0.25, -0.2) is 8.42 Å². The van der Waals surface area contributed by atoms with Crippen LogP contribution in [0.2, 0.25) is 10.0 Å². The van der Waals surface area contributed by atoms with Gasteiger partial charge in [-0.15, -0.1) is 0 Å². The van der Waals surface area contributed by atoms with Gasteiger partial charge in [0.2, 0.25) is 15.9 Å². The van der Waals surface area contributed by atoms with Crippen molar-refractivity contribution in [2.45, 2.75) is 17.9 Å². The predicted octanol–water partition coefficient (Wildman–Crippen LogP) is 6.11. The Bertz CT molecular complexity index is 1520. The summed E-state index contributed by atoms with van der Waals surface area (Å²) in [4.78, 5) is 17.2. The molecule has 1 amide bonds. The van der Waals surface area contributed by atoms with E-state index in [9.17, 15) is 13.2 Å². The van der Waals surface area contributed by atoms with Crippen LogP contribution in [-0.2, 0) is 21.4 Å². The lowest BCUT2D eigenvalue weighted by Gasteiger charge is -2.22. The Morgan fingerprint density at radius 1 is 0.921 bits per heavy atom. The zero-order chi connectivity index (χ0) is 27.1. The number of amides is 1. The van der Waals surface area contributed by atoms with Gasteiger partial charge in [-0.2, -0.15) is 4.31 Å². The molecule has 0 aliphatic carbocycles. The van der Waals surface area contributed by atoms with Crippen LogP contribution in [0.4, 0.5) is 5.69 Å². The van der Waals surface area contributed by atoms with Gasteiger partial charge in [0.1, 0.15) is 0 Å². The second-order valence-corrected chi connectivity index (χ2v) is 12.2. The average Bonchev–Trinajstić information content (AvgIpc) is 2.89. The van der Waals surface area contributed by atoms with Crippen LogP contribution in [-0.4, -0.2) is 43.2 Å². The molecule has 4 rings (SSSR count). The fourth-order valence-electron chi connectivity index (χ4n) is 3.81. The summed E-state index contributed by atoms with van der Waals surface area (Å²) in [7, 11) is -3.93. The van der Waals surface area contributed by atoms with Crippen molar-refractivity contribution >= 4 is 71.7 Å². The zero-order valence-electron chi connectivity index (χ0n) is 20.2.